The van der Waals surface area contributed by atoms with Gasteiger partial charge < -0.3 is 10.6 Å². The predicted molar refractivity (Wildman–Crippen MR) is 73.7 cm³/mol. The summed E-state index contributed by atoms with van der Waals surface area (Å²) in [4.78, 5) is 25.3. The summed E-state index contributed by atoms with van der Waals surface area (Å²) in [6.07, 6.45) is 2.35. The van der Waals surface area contributed by atoms with E-state index in [1.165, 1.54) is 0 Å². The van der Waals surface area contributed by atoms with Gasteiger partial charge in [0.05, 0.1) is 5.92 Å². The number of nitrogens with zero attached hydrogens (tertiary/aromatic N) is 1. The summed E-state index contributed by atoms with van der Waals surface area (Å²) >= 11 is 0. The Labute approximate surface area is 113 Å². The summed E-state index contributed by atoms with van der Waals surface area (Å²) in [6, 6.07) is 9.32. The smallest absolute Gasteiger partial charge is 0.221 e. The largest absolute Gasteiger partial charge is 0.369 e. The number of ketones is 1. The second-order valence-electron chi connectivity index (χ2n) is 5.08. The molecule has 1 amide bonds. The van der Waals surface area contributed by atoms with E-state index in [2.05, 4.69) is 4.90 Å². The molecular formula is C15H20N2O2. The van der Waals surface area contributed by atoms with Gasteiger partial charge in [0.1, 0.15) is 0 Å². The van der Waals surface area contributed by atoms with Crippen molar-refractivity contribution in [2.24, 2.45) is 11.7 Å². The number of likely N-dealkylation sites (tertiary alicyclic amines) is 1. The quantitative estimate of drug-likeness (QED) is 0.815. The highest BCUT2D eigenvalue weighted by Gasteiger charge is 2.24. The van der Waals surface area contributed by atoms with Crippen molar-refractivity contribution in [1.82, 2.24) is 4.90 Å². The van der Waals surface area contributed by atoms with E-state index in [0.717, 1.165) is 24.9 Å². The molecule has 19 heavy (non-hydrogen) atoms. The second-order valence-corrected chi connectivity index (χ2v) is 5.08. The molecule has 2 N–H and O–H groups in total. The highest BCUT2D eigenvalue weighted by Crippen LogP contribution is 2.16. The first-order valence-electron chi connectivity index (χ1n) is 6.77. The lowest BCUT2D eigenvalue weighted by Gasteiger charge is -2.30. The molecule has 4 heteroatoms. The molecule has 1 aromatic rings. The van der Waals surface area contributed by atoms with Crippen molar-refractivity contribution in [3.63, 3.8) is 0 Å². The molecule has 0 aliphatic carbocycles. The molecule has 2 rings (SSSR count). The third-order valence-corrected chi connectivity index (χ3v) is 3.66. The Kier molecular flexibility index (Phi) is 4.68. The Balaban J connectivity index is 1.82. The van der Waals surface area contributed by atoms with Gasteiger partial charge in [0.15, 0.2) is 5.78 Å². The zero-order valence-corrected chi connectivity index (χ0v) is 11.0. The average Bonchev–Trinajstić information content (AvgIpc) is 2.46. The van der Waals surface area contributed by atoms with E-state index in [9.17, 15) is 9.59 Å². The van der Waals surface area contributed by atoms with Gasteiger partial charge in [0, 0.05) is 25.1 Å². The number of Topliss-reactive ketones (excluding diaryl/α,β-unsaturated/α-hetero) is 1. The highest BCUT2D eigenvalue weighted by atomic mass is 16.1. The molecule has 1 heterocycles. The molecule has 4 nitrogen and oxygen atoms in total. The topological polar surface area (TPSA) is 63.4 Å². The summed E-state index contributed by atoms with van der Waals surface area (Å²) in [5.41, 5.74) is 6.10. The molecule has 0 spiro atoms. The fraction of sp³-hybridized carbons (Fsp3) is 0.467. The van der Waals surface area contributed by atoms with E-state index in [-0.39, 0.29) is 17.6 Å². The lowest BCUT2D eigenvalue weighted by Crippen LogP contribution is -2.41. The standard InChI is InChI=1S/C15H20N2O2/c16-15(19)13-7-4-9-17(11-13)10-8-14(18)12-5-2-1-3-6-12/h1-3,5-6,13H,4,7-11H2,(H2,16,19). The molecule has 0 saturated carbocycles. The van der Waals surface area contributed by atoms with Crippen LogP contribution in [0.15, 0.2) is 30.3 Å². The molecule has 1 fully saturated rings. The molecule has 1 unspecified atom stereocenters. The lowest BCUT2D eigenvalue weighted by atomic mass is 9.97. The van der Waals surface area contributed by atoms with Crippen LogP contribution in [-0.2, 0) is 4.79 Å². The Hall–Kier alpha value is -1.68. The minimum atomic E-state index is -0.223. The van der Waals surface area contributed by atoms with Crippen molar-refractivity contribution in [3.05, 3.63) is 35.9 Å². The van der Waals surface area contributed by atoms with Gasteiger partial charge in [-0.15, -0.1) is 0 Å². The number of hydrogen-bond acceptors (Lipinski definition) is 3. The summed E-state index contributed by atoms with van der Waals surface area (Å²) in [7, 11) is 0. The first-order chi connectivity index (χ1) is 9.16. The minimum Gasteiger partial charge on any atom is -0.369 e. The summed E-state index contributed by atoms with van der Waals surface area (Å²) in [5, 5.41) is 0. The lowest BCUT2D eigenvalue weighted by molar-refractivity contribution is -0.123. The third-order valence-electron chi connectivity index (χ3n) is 3.66. The molecule has 102 valence electrons. The molecule has 1 atom stereocenters. The van der Waals surface area contributed by atoms with Gasteiger partial charge in [-0.05, 0) is 19.4 Å². The van der Waals surface area contributed by atoms with Crippen molar-refractivity contribution in [2.75, 3.05) is 19.6 Å². The molecular weight excluding hydrogens is 240 g/mol. The molecule has 0 radical (unpaired) electrons. The van der Waals surface area contributed by atoms with Crippen LogP contribution in [0.4, 0.5) is 0 Å². The number of piperidine rings is 1. The van der Waals surface area contributed by atoms with E-state index in [1.54, 1.807) is 0 Å². The van der Waals surface area contributed by atoms with Crippen LogP contribution in [0.3, 0.4) is 0 Å². The van der Waals surface area contributed by atoms with E-state index in [1.807, 2.05) is 30.3 Å². The van der Waals surface area contributed by atoms with Crippen LogP contribution in [0, 0.1) is 5.92 Å². The van der Waals surface area contributed by atoms with E-state index < -0.39 is 0 Å². The number of benzene rings is 1. The number of hydrogen-bond donors (Lipinski definition) is 1. The van der Waals surface area contributed by atoms with Crippen molar-refractivity contribution in [1.29, 1.82) is 0 Å². The number of primary amides is 1. The van der Waals surface area contributed by atoms with E-state index >= 15 is 0 Å². The molecule has 1 aromatic carbocycles. The molecule has 1 aliphatic rings. The first kappa shape index (κ1) is 13.7. The van der Waals surface area contributed by atoms with Crippen molar-refractivity contribution in [3.8, 4) is 0 Å². The Morgan fingerprint density at radius 1 is 1.26 bits per heavy atom. The van der Waals surface area contributed by atoms with Crippen LogP contribution in [0.2, 0.25) is 0 Å². The highest BCUT2D eigenvalue weighted by molar-refractivity contribution is 5.96. The van der Waals surface area contributed by atoms with Crippen LogP contribution in [0.1, 0.15) is 29.6 Å². The van der Waals surface area contributed by atoms with E-state index in [0.29, 0.717) is 19.5 Å². The second kappa shape index (κ2) is 6.48. The maximum atomic E-state index is 12.0. The Morgan fingerprint density at radius 3 is 2.68 bits per heavy atom. The van der Waals surface area contributed by atoms with Crippen LogP contribution >= 0.6 is 0 Å². The average molecular weight is 260 g/mol. The van der Waals surface area contributed by atoms with Gasteiger partial charge in [0.25, 0.3) is 0 Å². The number of rotatable bonds is 5. The fourth-order valence-electron chi connectivity index (χ4n) is 2.52. The normalized spacial score (nSPS) is 20.1. The number of nitrogens with two attached hydrogens (primary N) is 1. The molecule has 0 bridgehead atoms. The zero-order chi connectivity index (χ0) is 13.7. The van der Waals surface area contributed by atoms with Gasteiger partial charge in [-0.1, -0.05) is 30.3 Å². The molecule has 1 saturated heterocycles. The molecule has 0 aromatic heterocycles. The van der Waals surface area contributed by atoms with Gasteiger partial charge >= 0.3 is 0 Å². The summed E-state index contributed by atoms with van der Waals surface area (Å²) < 4.78 is 0. The predicted octanol–water partition coefficient (Wildman–Crippen LogP) is 1.46. The van der Waals surface area contributed by atoms with Crippen LogP contribution in [0.25, 0.3) is 0 Å². The van der Waals surface area contributed by atoms with Gasteiger partial charge in [0.2, 0.25) is 5.91 Å². The number of amides is 1. The minimum absolute atomic E-state index is 0.0550. The summed E-state index contributed by atoms with van der Waals surface area (Å²) in [6.45, 7) is 2.35. The van der Waals surface area contributed by atoms with Crippen molar-refractivity contribution >= 4 is 11.7 Å². The monoisotopic (exact) mass is 260 g/mol. The Morgan fingerprint density at radius 2 is 2.00 bits per heavy atom. The maximum absolute atomic E-state index is 12.0. The SMILES string of the molecule is NC(=O)C1CCCN(CCC(=O)c2ccccc2)C1. The van der Waals surface area contributed by atoms with Gasteiger partial charge in [-0.25, -0.2) is 0 Å². The number of carbonyl (C=O) groups excluding carboxylic acids is 2. The van der Waals surface area contributed by atoms with E-state index in [4.69, 9.17) is 5.73 Å². The number of carbonyl (C=O) groups is 2. The fourth-order valence-corrected chi connectivity index (χ4v) is 2.52. The third kappa shape index (κ3) is 3.89. The van der Waals surface area contributed by atoms with Crippen LogP contribution < -0.4 is 5.73 Å². The van der Waals surface area contributed by atoms with Crippen LogP contribution in [-0.4, -0.2) is 36.2 Å². The summed E-state index contributed by atoms with van der Waals surface area (Å²) in [5.74, 6) is -0.124. The van der Waals surface area contributed by atoms with Crippen LogP contribution in [0.5, 0.6) is 0 Å². The maximum Gasteiger partial charge on any atom is 0.221 e. The first-order valence-corrected chi connectivity index (χ1v) is 6.77. The van der Waals surface area contributed by atoms with Gasteiger partial charge in [-0.3, -0.25) is 9.59 Å². The zero-order valence-electron chi connectivity index (χ0n) is 11.0. The van der Waals surface area contributed by atoms with Gasteiger partial charge in [-0.2, -0.15) is 0 Å². The van der Waals surface area contributed by atoms with Crippen molar-refractivity contribution < 1.29 is 9.59 Å². The van der Waals surface area contributed by atoms with Crippen molar-refractivity contribution in [2.45, 2.75) is 19.3 Å². The Bertz CT molecular complexity index is 445. The molecule has 1 aliphatic heterocycles.